The highest BCUT2D eigenvalue weighted by Crippen LogP contribution is 2.28. The van der Waals surface area contributed by atoms with Crippen LogP contribution in [0.1, 0.15) is 37.7 Å². The van der Waals surface area contributed by atoms with Crippen molar-refractivity contribution < 1.29 is 8.42 Å². The zero-order valence-electron chi connectivity index (χ0n) is 12.3. The van der Waals surface area contributed by atoms with E-state index >= 15 is 0 Å². The monoisotopic (exact) mass is 330 g/mol. The first-order chi connectivity index (χ1) is 9.94. The minimum atomic E-state index is -3.63. The van der Waals surface area contributed by atoms with Crippen molar-refractivity contribution in [3.63, 3.8) is 0 Å². The average Bonchev–Trinajstić information content (AvgIpc) is 2.45. The van der Waals surface area contributed by atoms with Crippen LogP contribution in [0.5, 0.6) is 0 Å². The van der Waals surface area contributed by atoms with Gasteiger partial charge in [-0.2, -0.15) is 0 Å². The van der Waals surface area contributed by atoms with Crippen molar-refractivity contribution in [3.8, 4) is 0 Å². The predicted octanol–water partition coefficient (Wildman–Crippen LogP) is 2.83. The summed E-state index contributed by atoms with van der Waals surface area (Å²) in [6.45, 7) is 2.19. The van der Waals surface area contributed by atoms with Crippen molar-refractivity contribution in [1.29, 1.82) is 0 Å². The molecule has 1 saturated carbocycles. The Morgan fingerprint density at radius 1 is 1.33 bits per heavy atom. The van der Waals surface area contributed by atoms with Crippen molar-refractivity contribution in [2.75, 3.05) is 6.54 Å². The van der Waals surface area contributed by atoms with Crippen LogP contribution >= 0.6 is 11.6 Å². The van der Waals surface area contributed by atoms with Gasteiger partial charge in [-0.1, -0.05) is 36.9 Å². The number of hydrogen-bond donors (Lipinski definition) is 2. The minimum Gasteiger partial charge on any atom is -0.329 e. The van der Waals surface area contributed by atoms with Gasteiger partial charge in [0, 0.05) is 12.6 Å². The molecule has 0 amide bonds. The molecule has 21 heavy (non-hydrogen) atoms. The Labute approximate surface area is 132 Å². The van der Waals surface area contributed by atoms with Gasteiger partial charge in [-0.05, 0) is 43.4 Å². The van der Waals surface area contributed by atoms with Crippen LogP contribution in [0.25, 0.3) is 0 Å². The van der Waals surface area contributed by atoms with E-state index in [1.807, 2.05) is 6.92 Å². The maximum Gasteiger partial charge on any atom is 0.242 e. The second kappa shape index (κ2) is 7.09. The van der Waals surface area contributed by atoms with Gasteiger partial charge in [-0.25, -0.2) is 13.1 Å². The highest BCUT2D eigenvalue weighted by atomic mass is 35.5. The van der Waals surface area contributed by atoms with Crippen LogP contribution in [-0.2, 0) is 10.0 Å². The lowest BCUT2D eigenvalue weighted by atomic mass is 9.84. The Morgan fingerprint density at radius 3 is 2.57 bits per heavy atom. The van der Waals surface area contributed by atoms with E-state index in [9.17, 15) is 8.42 Å². The fourth-order valence-corrected chi connectivity index (χ4v) is 4.88. The van der Waals surface area contributed by atoms with Crippen molar-refractivity contribution in [2.45, 2.75) is 50.0 Å². The molecule has 0 spiro atoms. The molecule has 0 heterocycles. The van der Waals surface area contributed by atoms with E-state index in [0.717, 1.165) is 31.2 Å². The SMILES string of the molecule is Cc1ccc(S(=O)(=O)NC(CN)C2CCCCC2)c(Cl)c1. The molecule has 3 N–H and O–H groups in total. The van der Waals surface area contributed by atoms with E-state index in [2.05, 4.69) is 4.72 Å². The summed E-state index contributed by atoms with van der Waals surface area (Å²) in [5.74, 6) is 0.322. The molecule has 4 nitrogen and oxygen atoms in total. The number of aryl methyl sites for hydroxylation is 1. The van der Waals surface area contributed by atoms with Gasteiger partial charge >= 0.3 is 0 Å². The zero-order chi connectivity index (χ0) is 15.5. The molecule has 1 aliphatic rings. The molecule has 0 aliphatic heterocycles. The molecule has 1 aliphatic carbocycles. The number of rotatable bonds is 5. The molecule has 2 rings (SSSR count). The Balaban J connectivity index is 2.18. The molecule has 1 atom stereocenters. The molecule has 1 aromatic carbocycles. The van der Waals surface area contributed by atoms with Gasteiger partial charge < -0.3 is 5.73 Å². The van der Waals surface area contributed by atoms with Crippen LogP contribution in [0.4, 0.5) is 0 Å². The molecule has 1 unspecified atom stereocenters. The molecule has 0 saturated heterocycles. The summed E-state index contributed by atoms with van der Waals surface area (Å²) in [7, 11) is -3.63. The van der Waals surface area contributed by atoms with Gasteiger partial charge in [0.1, 0.15) is 4.90 Å². The van der Waals surface area contributed by atoms with Crippen LogP contribution in [0.3, 0.4) is 0 Å². The normalized spacial score (nSPS) is 18.6. The zero-order valence-corrected chi connectivity index (χ0v) is 13.9. The van der Waals surface area contributed by atoms with Gasteiger partial charge in [0.15, 0.2) is 0 Å². The first-order valence-corrected chi connectivity index (χ1v) is 9.28. The van der Waals surface area contributed by atoms with Crippen molar-refractivity contribution in [2.24, 2.45) is 11.7 Å². The lowest BCUT2D eigenvalue weighted by Gasteiger charge is -2.30. The quantitative estimate of drug-likeness (QED) is 0.872. The van der Waals surface area contributed by atoms with E-state index < -0.39 is 10.0 Å². The standard InChI is InChI=1S/C15H23ClN2O2S/c1-11-7-8-15(13(16)9-11)21(19,20)18-14(10-17)12-5-3-2-4-6-12/h7-9,12,14,18H,2-6,10,17H2,1H3. The van der Waals surface area contributed by atoms with E-state index in [1.165, 1.54) is 6.42 Å². The van der Waals surface area contributed by atoms with Crippen LogP contribution in [0.15, 0.2) is 23.1 Å². The van der Waals surface area contributed by atoms with Crippen LogP contribution < -0.4 is 10.5 Å². The second-order valence-corrected chi connectivity index (χ2v) is 7.89. The summed E-state index contributed by atoms with van der Waals surface area (Å²) in [4.78, 5) is 0.129. The lowest BCUT2D eigenvalue weighted by Crippen LogP contribution is -2.45. The van der Waals surface area contributed by atoms with Gasteiger partial charge in [0.25, 0.3) is 0 Å². The van der Waals surface area contributed by atoms with Crippen molar-refractivity contribution >= 4 is 21.6 Å². The Bertz CT molecular complexity index is 583. The maximum atomic E-state index is 12.5. The number of nitrogens with two attached hydrogens (primary N) is 1. The summed E-state index contributed by atoms with van der Waals surface area (Å²) in [6, 6.07) is 4.74. The Kier molecular flexibility index (Phi) is 5.66. The summed E-state index contributed by atoms with van der Waals surface area (Å²) in [5.41, 5.74) is 6.72. The molecule has 0 bridgehead atoms. The number of sulfonamides is 1. The number of halogens is 1. The molecule has 0 aromatic heterocycles. The molecular formula is C15H23ClN2O2S. The maximum absolute atomic E-state index is 12.5. The van der Waals surface area contributed by atoms with Crippen LogP contribution in [0.2, 0.25) is 5.02 Å². The third kappa shape index (κ3) is 4.19. The Morgan fingerprint density at radius 2 is 2.00 bits per heavy atom. The van der Waals surface area contributed by atoms with Gasteiger partial charge in [-0.15, -0.1) is 0 Å². The van der Waals surface area contributed by atoms with Crippen molar-refractivity contribution in [1.82, 2.24) is 4.72 Å². The predicted molar refractivity (Wildman–Crippen MR) is 85.9 cm³/mol. The largest absolute Gasteiger partial charge is 0.329 e. The molecule has 1 aromatic rings. The Hall–Kier alpha value is -0.620. The number of benzene rings is 1. The van der Waals surface area contributed by atoms with Crippen LogP contribution in [-0.4, -0.2) is 21.0 Å². The van der Waals surface area contributed by atoms with Crippen LogP contribution in [0, 0.1) is 12.8 Å². The topological polar surface area (TPSA) is 72.2 Å². The van der Waals surface area contributed by atoms with E-state index in [-0.39, 0.29) is 16.0 Å². The summed E-state index contributed by atoms with van der Waals surface area (Å²) in [5, 5.41) is 0.252. The van der Waals surface area contributed by atoms with Gasteiger partial charge in [0.2, 0.25) is 10.0 Å². The molecule has 6 heteroatoms. The highest BCUT2D eigenvalue weighted by Gasteiger charge is 2.28. The summed E-state index contributed by atoms with van der Waals surface area (Å²) < 4.78 is 27.8. The highest BCUT2D eigenvalue weighted by molar-refractivity contribution is 7.89. The first-order valence-electron chi connectivity index (χ1n) is 7.42. The fourth-order valence-electron chi connectivity index (χ4n) is 2.96. The smallest absolute Gasteiger partial charge is 0.242 e. The number of nitrogens with one attached hydrogen (secondary N) is 1. The molecular weight excluding hydrogens is 308 g/mol. The third-order valence-electron chi connectivity index (χ3n) is 4.16. The molecule has 0 radical (unpaired) electrons. The number of hydrogen-bond acceptors (Lipinski definition) is 3. The van der Waals surface area contributed by atoms with E-state index in [0.29, 0.717) is 12.5 Å². The average molecular weight is 331 g/mol. The molecule has 1 fully saturated rings. The summed E-state index contributed by atoms with van der Waals surface area (Å²) in [6.07, 6.45) is 5.59. The molecule has 118 valence electrons. The first kappa shape index (κ1) is 16.7. The van der Waals surface area contributed by atoms with Gasteiger partial charge in [-0.3, -0.25) is 0 Å². The minimum absolute atomic E-state index is 0.129. The second-order valence-electron chi connectivity index (χ2n) is 5.80. The third-order valence-corrected chi connectivity index (χ3v) is 6.13. The summed E-state index contributed by atoms with van der Waals surface area (Å²) >= 11 is 6.08. The van der Waals surface area contributed by atoms with Gasteiger partial charge in [0.05, 0.1) is 5.02 Å². The van der Waals surface area contributed by atoms with E-state index in [4.69, 9.17) is 17.3 Å². The lowest BCUT2D eigenvalue weighted by molar-refractivity contribution is 0.294. The van der Waals surface area contributed by atoms with E-state index in [1.54, 1.807) is 18.2 Å². The van der Waals surface area contributed by atoms with Crippen molar-refractivity contribution in [3.05, 3.63) is 28.8 Å². The fraction of sp³-hybridized carbons (Fsp3) is 0.600.